The Morgan fingerprint density at radius 1 is 0.958 bits per heavy atom. The zero-order valence-corrected chi connectivity index (χ0v) is 27.6. The molecule has 2 aromatic carbocycles. The van der Waals surface area contributed by atoms with Crippen LogP contribution in [0.25, 0.3) is 0 Å². The minimum absolute atomic E-state index is 0.00719. The van der Waals surface area contributed by atoms with E-state index in [-0.39, 0.29) is 31.1 Å². The number of rotatable bonds is 12. The lowest BCUT2D eigenvalue weighted by Crippen LogP contribution is -2.58. The molecule has 2 aromatic rings. The second-order valence-corrected chi connectivity index (χ2v) is 13.3. The predicted molar refractivity (Wildman–Crippen MR) is 165 cm³/mol. The normalized spacial score (nSPS) is 23.2. The number of methoxy groups -OCH3 is 1. The van der Waals surface area contributed by atoms with Gasteiger partial charge in [-0.1, -0.05) is 12.1 Å². The summed E-state index contributed by atoms with van der Waals surface area (Å²) >= 11 is 0. The monoisotopic (exact) mass is 687 g/mol. The number of hydrogen-bond acceptors (Lipinski definition) is 7. The van der Waals surface area contributed by atoms with Gasteiger partial charge in [-0.3, -0.25) is 14.6 Å². The van der Waals surface area contributed by atoms with Gasteiger partial charge < -0.3 is 23.8 Å². The summed E-state index contributed by atoms with van der Waals surface area (Å²) in [5.41, 5.74) is -2.27. The number of ether oxygens (including phenoxy) is 4. The van der Waals surface area contributed by atoms with Crippen LogP contribution in [-0.4, -0.2) is 111 Å². The van der Waals surface area contributed by atoms with Crippen molar-refractivity contribution >= 4 is 5.91 Å². The number of halogens is 6. The molecule has 266 valence electrons. The van der Waals surface area contributed by atoms with Crippen molar-refractivity contribution in [1.82, 2.24) is 14.7 Å². The van der Waals surface area contributed by atoms with Crippen LogP contribution in [0.5, 0.6) is 5.75 Å². The average Bonchev–Trinajstić information content (AvgIpc) is 3.56. The number of piperazine rings is 1. The molecule has 8 nitrogen and oxygen atoms in total. The van der Waals surface area contributed by atoms with Gasteiger partial charge in [0.2, 0.25) is 0 Å². The standard InChI is InChI=1S/C34H43F6N3O5/c1-22-5-6-23(14-29(22)47-21-46-12-11-45-4)13-27-19-41(7-9-42-20-28-18-30(42)32(2,3)48-28)8-10-43(27)31(44)24-15-25(33(35,36)37)17-26(16-24)34(38,39)40/h5-6,14-17,27-28,30H,7-13,18-21H2,1-4H3/t27?,28-,30+/m1/s1. The summed E-state index contributed by atoms with van der Waals surface area (Å²) in [6.07, 6.45) is -8.64. The summed E-state index contributed by atoms with van der Waals surface area (Å²) in [6.45, 7) is 10.1. The third kappa shape index (κ3) is 8.62. The van der Waals surface area contributed by atoms with Gasteiger partial charge in [0.05, 0.1) is 36.0 Å². The van der Waals surface area contributed by atoms with Crippen LogP contribution >= 0.6 is 0 Å². The van der Waals surface area contributed by atoms with Gasteiger partial charge in [0.25, 0.3) is 5.91 Å². The number of hydrogen-bond donors (Lipinski definition) is 0. The Morgan fingerprint density at radius 2 is 1.67 bits per heavy atom. The SMILES string of the molecule is COCCOCOc1cc(CC2CN(CCN3C[C@H]4C[C@H]3C(C)(C)O4)CCN2C(=O)c2cc(C(F)(F)F)cc(C(F)(F)F)c2)ccc1C. The van der Waals surface area contributed by atoms with E-state index in [4.69, 9.17) is 18.9 Å². The Labute approximate surface area is 276 Å². The Hall–Kier alpha value is -2.91. The highest BCUT2D eigenvalue weighted by molar-refractivity contribution is 5.95. The molecule has 0 aromatic heterocycles. The van der Waals surface area contributed by atoms with Gasteiger partial charge in [0, 0.05) is 64.0 Å². The molecule has 3 atom stereocenters. The lowest BCUT2D eigenvalue weighted by Gasteiger charge is -2.43. The molecule has 1 unspecified atom stereocenters. The molecule has 0 saturated carbocycles. The van der Waals surface area contributed by atoms with Crippen molar-refractivity contribution in [2.45, 2.75) is 69.8 Å². The van der Waals surface area contributed by atoms with Gasteiger partial charge >= 0.3 is 12.4 Å². The van der Waals surface area contributed by atoms with Crippen molar-refractivity contribution in [3.05, 3.63) is 64.2 Å². The topological polar surface area (TPSA) is 63.7 Å². The van der Waals surface area contributed by atoms with Gasteiger partial charge in [-0.25, -0.2) is 0 Å². The van der Waals surface area contributed by atoms with Crippen LogP contribution in [0.4, 0.5) is 26.3 Å². The fourth-order valence-electron chi connectivity index (χ4n) is 7.01. The number of morpholine rings is 1. The van der Waals surface area contributed by atoms with Crippen molar-refractivity contribution in [2.24, 2.45) is 0 Å². The lowest BCUT2D eigenvalue weighted by molar-refractivity contribution is -0.143. The summed E-state index contributed by atoms with van der Waals surface area (Å²) in [7, 11) is 1.56. The van der Waals surface area contributed by atoms with Crippen LogP contribution in [-0.2, 0) is 33.0 Å². The number of alkyl halides is 6. The molecular weight excluding hydrogens is 644 g/mol. The molecule has 3 fully saturated rings. The zero-order valence-electron chi connectivity index (χ0n) is 27.6. The zero-order chi connectivity index (χ0) is 34.9. The van der Waals surface area contributed by atoms with Gasteiger partial charge in [-0.2, -0.15) is 26.3 Å². The number of likely N-dealkylation sites (tertiary alicyclic amines) is 1. The van der Waals surface area contributed by atoms with Crippen molar-refractivity contribution < 1.29 is 50.1 Å². The molecule has 5 rings (SSSR count). The number of carbonyl (C=O) groups excluding carboxylic acids is 1. The minimum Gasteiger partial charge on any atom is -0.467 e. The largest absolute Gasteiger partial charge is 0.467 e. The maximum Gasteiger partial charge on any atom is 0.416 e. The Kier molecular flexibility index (Phi) is 11.0. The molecule has 0 radical (unpaired) electrons. The summed E-state index contributed by atoms with van der Waals surface area (Å²) in [5, 5.41) is 0. The van der Waals surface area contributed by atoms with Crippen LogP contribution in [0.15, 0.2) is 36.4 Å². The van der Waals surface area contributed by atoms with Crippen molar-refractivity contribution in [1.29, 1.82) is 0 Å². The Morgan fingerprint density at radius 3 is 2.29 bits per heavy atom. The van der Waals surface area contributed by atoms with Crippen LogP contribution < -0.4 is 4.74 Å². The summed E-state index contributed by atoms with van der Waals surface area (Å²) in [5.74, 6) is -0.306. The van der Waals surface area contributed by atoms with E-state index in [1.54, 1.807) is 7.11 Å². The van der Waals surface area contributed by atoms with Gasteiger partial charge in [-0.05, 0) is 69.0 Å². The van der Waals surface area contributed by atoms with E-state index in [9.17, 15) is 31.1 Å². The van der Waals surface area contributed by atoms with E-state index in [0.717, 1.165) is 30.6 Å². The molecule has 3 aliphatic rings. The fourth-order valence-corrected chi connectivity index (χ4v) is 7.01. The summed E-state index contributed by atoms with van der Waals surface area (Å²) in [4.78, 5) is 19.9. The van der Waals surface area contributed by atoms with Crippen molar-refractivity contribution in [3.8, 4) is 5.75 Å². The second-order valence-electron chi connectivity index (χ2n) is 13.3. The Bertz CT molecular complexity index is 1400. The number of benzene rings is 2. The van der Waals surface area contributed by atoms with E-state index in [1.165, 1.54) is 4.90 Å². The molecule has 0 N–H and O–H groups in total. The van der Waals surface area contributed by atoms with Crippen LogP contribution in [0.2, 0.25) is 0 Å². The van der Waals surface area contributed by atoms with Crippen molar-refractivity contribution in [2.75, 3.05) is 66.4 Å². The molecule has 2 bridgehead atoms. The van der Waals surface area contributed by atoms with E-state index in [1.807, 2.05) is 25.1 Å². The van der Waals surface area contributed by atoms with Gasteiger partial charge in [0.15, 0.2) is 6.79 Å². The lowest BCUT2D eigenvalue weighted by atomic mass is 9.98. The first-order valence-electron chi connectivity index (χ1n) is 16.1. The number of fused-ring (bicyclic) bond motifs is 2. The highest BCUT2D eigenvalue weighted by atomic mass is 19.4. The second kappa shape index (κ2) is 14.5. The molecule has 48 heavy (non-hydrogen) atoms. The summed E-state index contributed by atoms with van der Waals surface area (Å²) in [6, 6.07) is 6.39. The first-order valence-corrected chi connectivity index (χ1v) is 16.1. The quantitative estimate of drug-likeness (QED) is 0.162. The molecular formula is C34H43F6N3O5. The highest BCUT2D eigenvalue weighted by Gasteiger charge is 2.50. The van der Waals surface area contributed by atoms with E-state index < -0.39 is 41.0 Å². The van der Waals surface area contributed by atoms with Crippen LogP contribution in [0.1, 0.15) is 52.9 Å². The third-order valence-electron chi connectivity index (χ3n) is 9.46. The average molecular weight is 688 g/mol. The summed E-state index contributed by atoms with van der Waals surface area (Å²) < 4.78 is 104. The van der Waals surface area contributed by atoms with Crippen molar-refractivity contribution in [3.63, 3.8) is 0 Å². The smallest absolute Gasteiger partial charge is 0.416 e. The molecule has 3 aliphatic heterocycles. The highest BCUT2D eigenvalue weighted by Crippen LogP contribution is 2.40. The van der Waals surface area contributed by atoms with E-state index >= 15 is 0 Å². The molecule has 0 spiro atoms. The first-order chi connectivity index (χ1) is 22.5. The van der Waals surface area contributed by atoms with E-state index in [0.29, 0.717) is 63.2 Å². The number of nitrogens with zero attached hydrogens (tertiary/aromatic N) is 3. The molecule has 3 heterocycles. The van der Waals surface area contributed by atoms with Gasteiger partial charge in [-0.15, -0.1) is 0 Å². The van der Waals surface area contributed by atoms with E-state index in [2.05, 4.69) is 23.6 Å². The van der Waals surface area contributed by atoms with Crippen LogP contribution in [0.3, 0.4) is 0 Å². The van der Waals surface area contributed by atoms with Crippen LogP contribution in [0, 0.1) is 6.92 Å². The first kappa shape index (κ1) is 36.4. The molecule has 14 heteroatoms. The third-order valence-corrected chi connectivity index (χ3v) is 9.46. The maximum atomic E-state index is 13.8. The number of carbonyl (C=O) groups is 1. The minimum atomic E-state index is -5.06. The number of aryl methyl sites for hydroxylation is 1. The van der Waals surface area contributed by atoms with Gasteiger partial charge in [0.1, 0.15) is 5.75 Å². The Balaban J connectivity index is 1.37. The maximum absolute atomic E-state index is 13.8. The predicted octanol–water partition coefficient (Wildman–Crippen LogP) is 5.65. The molecule has 1 amide bonds. The number of amides is 1. The molecule has 0 aliphatic carbocycles. The molecule has 3 saturated heterocycles. The fraction of sp³-hybridized carbons (Fsp3) is 0.618.